The summed E-state index contributed by atoms with van der Waals surface area (Å²) in [6.07, 6.45) is 1.38. The summed E-state index contributed by atoms with van der Waals surface area (Å²) >= 11 is 5.88. The Morgan fingerprint density at radius 2 is 1.65 bits per heavy atom. The van der Waals surface area contributed by atoms with Crippen LogP contribution in [-0.2, 0) is 26.1 Å². The van der Waals surface area contributed by atoms with Crippen LogP contribution in [0, 0.1) is 0 Å². The molecule has 34 heavy (non-hydrogen) atoms. The number of nitrogens with zero attached hydrogens (tertiary/aromatic N) is 2. The van der Waals surface area contributed by atoms with Crippen LogP contribution in [0.15, 0.2) is 88.9 Å². The number of halogens is 1. The van der Waals surface area contributed by atoms with Crippen LogP contribution in [0.3, 0.4) is 0 Å². The predicted molar refractivity (Wildman–Crippen MR) is 129 cm³/mol. The van der Waals surface area contributed by atoms with Gasteiger partial charge in [0, 0.05) is 11.6 Å². The normalized spacial score (nSPS) is 11.5. The summed E-state index contributed by atoms with van der Waals surface area (Å²) in [5, 5.41) is 4.29. The van der Waals surface area contributed by atoms with Crippen molar-refractivity contribution in [2.45, 2.75) is 11.4 Å². The van der Waals surface area contributed by atoms with Gasteiger partial charge in [-0.15, -0.1) is 0 Å². The van der Waals surface area contributed by atoms with Crippen molar-refractivity contribution < 1.29 is 22.7 Å². The first kappa shape index (κ1) is 25.1. The largest absolute Gasteiger partial charge is 0.465 e. The van der Waals surface area contributed by atoms with Crippen LogP contribution in [0.1, 0.15) is 21.5 Å². The SMILES string of the molecule is COC(=O)c1ccc(/C=N\NC(=O)CN(Cc2ccccc2)S(=O)(=O)c2ccc(Cl)cc2)cc1. The van der Waals surface area contributed by atoms with Crippen molar-refractivity contribution in [2.75, 3.05) is 13.7 Å². The van der Waals surface area contributed by atoms with E-state index in [0.717, 1.165) is 9.87 Å². The molecule has 0 atom stereocenters. The van der Waals surface area contributed by atoms with E-state index < -0.39 is 28.4 Å². The van der Waals surface area contributed by atoms with E-state index in [2.05, 4.69) is 15.3 Å². The summed E-state index contributed by atoms with van der Waals surface area (Å²) in [7, 11) is -2.69. The lowest BCUT2D eigenvalue weighted by Crippen LogP contribution is -2.39. The zero-order chi connectivity index (χ0) is 24.6. The zero-order valence-electron chi connectivity index (χ0n) is 18.2. The maximum atomic E-state index is 13.2. The molecule has 3 aromatic carbocycles. The average Bonchev–Trinajstić information content (AvgIpc) is 2.84. The fraction of sp³-hybridized carbons (Fsp3) is 0.125. The van der Waals surface area contributed by atoms with E-state index in [4.69, 9.17) is 11.6 Å². The van der Waals surface area contributed by atoms with Crippen LogP contribution < -0.4 is 5.43 Å². The number of carbonyl (C=O) groups excluding carboxylic acids is 2. The number of hydrogen-bond donors (Lipinski definition) is 1. The summed E-state index contributed by atoms with van der Waals surface area (Å²) in [5.41, 5.74) is 4.07. The van der Waals surface area contributed by atoms with Gasteiger partial charge in [-0.05, 0) is 47.5 Å². The van der Waals surface area contributed by atoms with Gasteiger partial charge in [0.1, 0.15) is 0 Å². The number of hydrazone groups is 1. The molecular weight excluding hydrogens is 478 g/mol. The topological polar surface area (TPSA) is 105 Å². The first-order chi connectivity index (χ1) is 16.3. The first-order valence-corrected chi connectivity index (χ1v) is 11.9. The second kappa shape index (κ2) is 11.6. The molecule has 0 aliphatic carbocycles. The molecule has 3 aromatic rings. The molecule has 176 valence electrons. The quantitative estimate of drug-likeness (QED) is 0.276. The van der Waals surface area contributed by atoms with Gasteiger partial charge in [-0.2, -0.15) is 9.41 Å². The molecule has 0 aromatic heterocycles. The number of carbonyl (C=O) groups is 2. The minimum Gasteiger partial charge on any atom is -0.465 e. The second-order valence-electron chi connectivity index (χ2n) is 7.12. The number of ether oxygens (including phenoxy) is 1. The lowest BCUT2D eigenvalue weighted by molar-refractivity contribution is -0.121. The lowest BCUT2D eigenvalue weighted by Gasteiger charge is -2.21. The van der Waals surface area contributed by atoms with E-state index in [0.29, 0.717) is 16.1 Å². The van der Waals surface area contributed by atoms with Gasteiger partial charge in [0.15, 0.2) is 0 Å². The number of nitrogens with one attached hydrogen (secondary N) is 1. The average molecular weight is 500 g/mol. The van der Waals surface area contributed by atoms with Crippen LogP contribution in [0.5, 0.6) is 0 Å². The molecule has 0 fully saturated rings. The number of hydrogen-bond acceptors (Lipinski definition) is 6. The fourth-order valence-electron chi connectivity index (χ4n) is 2.97. The molecule has 0 aliphatic rings. The summed E-state index contributed by atoms with van der Waals surface area (Å²) in [6.45, 7) is -0.448. The molecule has 10 heteroatoms. The van der Waals surface area contributed by atoms with E-state index >= 15 is 0 Å². The molecule has 0 saturated heterocycles. The Kier molecular flexibility index (Phi) is 8.53. The van der Waals surface area contributed by atoms with Crippen molar-refractivity contribution >= 4 is 39.7 Å². The maximum absolute atomic E-state index is 13.2. The monoisotopic (exact) mass is 499 g/mol. The third kappa shape index (κ3) is 6.74. The molecule has 8 nitrogen and oxygen atoms in total. The van der Waals surface area contributed by atoms with E-state index in [-0.39, 0.29) is 11.4 Å². The maximum Gasteiger partial charge on any atom is 0.337 e. The summed E-state index contributed by atoms with van der Waals surface area (Å²) in [5.74, 6) is -1.08. The Labute approximate surface area is 202 Å². The third-order valence-corrected chi connectivity index (χ3v) is 6.77. The van der Waals surface area contributed by atoms with E-state index in [1.807, 2.05) is 6.07 Å². The van der Waals surface area contributed by atoms with Gasteiger partial charge >= 0.3 is 5.97 Å². The van der Waals surface area contributed by atoms with Crippen LogP contribution in [0.2, 0.25) is 5.02 Å². The fourth-order valence-corrected chi connectivity index (χ4v) is 4.48. The molecule has 0 unspecified atom stereocenters. The number of benzene rings is 3. The third-order valence-electron chi connectivity index (χ3n) is 4.71. The highest BCUT2D eigenvalue weighted by atomic mass is 35.5. The smallest absolute Gasteiger partial charge is 0.337 e. The molecule has 1 amide bonds. The predicted octanol–water partition coefficient (Wildman–Crippen LogP) is 3.47. The standard InChI is InChI=1S/C24H22ClN3O5S/c1-33-24(30)20-9-7-18(8-10-20)15-26-27-23(29)17-28(16-19-5-3-2-4-6-19)34(31,32)22-13-11-21(25)12-14-22/h2-15H,16-17H2,1H3,(H,27,29)/b26-15-. The molecule has 0 radical (unpaired) electrons. The number of sulfonamides is 1. The molecule has 0 aliphatic heterocycles. The molecule has 1 N–H and O–H groups in total. The van der Waals surface area contributed by atoms with Crippen molar-refractivity contribution in [3.8, 4) is 0 Å². The number of amides is 1. The van der Waals surface area contributed by atoms with Gasteiger partial charge in [-0.25, -0.2) is 18.6 Å². The highest BCUT2D eigenvalue weighted by Gasteiger charge is 2.27. The first-order valence-electron chi connectivity index (χ1n) is 10.1. The van der Waals surface area contributed by atoms with Gasteiger partial charge in [0.2, 0.25) is 10.0 Å². The number of rotatable bonds is 9. The van der Waals surface area contributed by atoms with Crippen LogP contribution in [0.25, 0.3) is 0 Å². The van der Waals surface area contributed by atoms with E-state index in [1.165, 1.54) is 37.6 Å². The van der Waals surface area contributed by atoms with Crippen LogP contribution in [0.4, 0.5) is 0 Å². The molecule has 3 rings (SSSR count). The van der Waals surface area contributed by atoms with Gasteiger partial charge in [-0.3, -0.25) is 4.79 Å². The van der Waals surface area contributed by atoms with Crippen molar-refractivity contribution in [2.24, 2.45) is 5.10 Å². The number of methoxy groups -OCH3 is 1. The van der Waals surface area contributed by atoms with Crippen LogP contribution in [-0.4, -0.2) is 44.5 Å². The summed E-state index contributed by atoms with van der Waals surface area (Å²) < 4.78 is 32.1. The minimum atomic E-state index is -3.99. The summed E-state index contributed by atoms with van der Waals surface area (Å²) in [4.78, 5) is 24.0. The molecular formula is C24H22ClN3O5S. The highest BCUT2D eigenvalue weighted by molar-refractivity contribution is 7.89. The van der Waals surface area contributed by atoms with Gasteiger partial charge < -0.3 is 4.74 Å². The zero-order valence-corrected chi connectivity index (χ0v) is 19.8. The molecule has 0 saturated carbocycles. The van der Waals surface area contributed by atoms with Crippen molar-refractivity contribution in [1.29, 1.82) is 0 Å². The Bertz CT molecular complexity index is 1260. The minimum absolute atomic E-state index is 0.00206. The Morgan fingerprint density at radius 3 is 2.26 bits per heavy atom. The van der Waals surface area contributed by atoms with E-state index in [1.54, 1.807) is 48.5 Å². The van der Waals surface area contributed by atoms with Crippen molar-refractivity contribution in [1.82, 2.24) is 9.73 Å². The second-order valence-corrected chi connectivity index (χ2v) is 9.49. The molecule has 0 bridgehead atoms. The van der Waals surface area contributed by atoms with Crippen LogP contribution >= 0.6 is 11.6 Å². The Hall–Kier alpha value is -3.53. The Morgan fingerprint density at radius 1 is 1.00 bits per heavy atom. The molecule has 0 heterocycles. The summed E-state index contributed by atoms with van der Waals surface area (Å²) in [6, 6.07) is 21.1. The highest BCUT2D eigenvalue weighted by Crippen LogP contribution is 2.20. The van der Waals surface area contributed by atoms with Gasteiger partial charge in [0.25, 0.3) is 5.91 Å². The Balaban J connectivity index is 1.72. The van der Waals surface area contributed by atoms with Gasteiger partial charge in [0.05, 0.1) is 30.3 Å². The van der Waals surface area contributed by atoms with Crippen molar-refractivity contribution in [3.63, 3.8) is 0 Å². The van der Waals surface area contributed by atoms with Gasteiger partial charge in [-0.1, -0.05) is 54.1 Å². The molecule has 0 spiro atoms. The lowest BCUT2D eigenvalue weighted by atomic mass is 10.1. The number of esters is 1. The van der Waals surface area contributed by atoms with E-state index in [9.17, 15) is 18.0 Å². The van der Waals surface area contributed by atoms with Crippen molar-refractivity contribution in [3.05, 3.63) is 101 Å².